The van der Waals surface area contributed by atoms with E-state index in [-0.39, 0.29) is 0 Å². The van der Waals surface area contributed by atoms with E-state index in [1.165, 1.54) is 0 Å². The minimum absolute atomic E-state index is 1.39. The first-order valence-electron chi connectivity index (χ1n) is 3.15. The minimum atomic E-state index is -5.87. The van der Waals surface area contributed by atoms with Crippen LogP contribution in [0, 0.1) is 0 Å². The van der Waals surface area contributed by atoms with Crippen LogP contribution in [0.25, 0.3) is 0 Å². The van der Waals surface area contributed by atoms with Crippen LogP contribution >= 0.6 is 0 Å². The van der Waals surface area contributed by atoms with E-state index in [0.717, 1.165) is 0 Å². The van der Waals surface area contributed by atoms with E-state index in [1.54, 1.807) is 0 Å². The number of rotatable bonds is 4. The van der Waals surface area contributed by atoms with Crippen molar-refractivity contribution < 1.29 is 40.6 Å². The van der Waals surface area contributed by atoms with Crippen molar-refractivity contribution in [2.45, 2.75) is 24.8 Å². The van der Waals surface area contributed by atoms with Crippen LogP contribution in [-0.4, -0.2) is 30.1 Å². The number of aliphatic hydroxyl groups excluding tert-OH is 1. The Hall–Kier alpha value is -0.570. The number of hydrogen-bond acceptors (Lipinski definition) is 2. The number of halogens is 7. The molecule has 86 valence electrons. The highest BCUT2D eigenvalue weighted by Gasteiger charge is 2.62. The Labute approximate surface area is 73.3 Å². The highest BCUT2D eigenvalue weighted by atomic mass is 19.4. The molecule has 0 saturated heterocycles. The average molecular weight is 230 g/mol. The first-order valence-corrected chi connectivity index (χ1v) is 3.15. The lowest BCUT2D eigenvalue weighted by atomic mass is 10.2. The summed E-state index contributed by atoms with van der Waals surface area (Å²) in [6, 6.07) is 0. The fourth-order valence-electron chi connectivity index (χ4n) is 0.506. The second-order valence-electron chi connectivity index (χ2n) is 2.24. The zero-order chi connectivity index (χ0) is 11.6. The summed E-state index contributed by atoms with van der Waals surface area (Å²) in [5.41, 5.74) is 0. The Morgan fingerprint density at radius 3 is 1.64 bits per heavy atom. The molecular weight excluding hydrogens is 225 g/mol. The Kier molecular flexibility index (Phi) is 3.73. The van der Waals surface area contributed by atoms with Gasteiger partial charge < -0.3 is 5.11 Å². The third-order valence-electron chi connectivity index (χ3n) is 1.10. The van der Waals surface area contributed by atoms with Crippen LogP contribution in [0.2, 0.25) is 0 Å². The van der Waals surface area contributed by atoms with E-state index < -0.39 is 31.4 Å². The predicted molar refractivity (Wildman–Crippen MR) is 28.7 cm³/mol. The molecule has 0 unspecified atom stereocenters. The molecule has 0 rings (SSSR count). The topological polar surface area (TPSA) is 29.5 Å². The molecule has 0 aliphatic carbocycles. The molecule has 0 aliphatic heterocycles. The minimum Gasteiger partial charge on any atom is -0.396 e. The van der Waals surface area contributed by atoms with Gasteiger partial charge in [-0.05, 0) is 0 Å². The van der Waals surface area contributed by atoms with Gasteiger partial charge >= 0.3 is 18.4 Å². The summed E-state index contributed by atoms with van der Waals surface area (Å²) in [5.74, 6) is -5.07. The quantitative estimate of drug-likeness (QED) is 0.749. The summed E-state index contributed by atoms with van der Waals surface area (Å²) in [6.07, 6.45) is -13.4. The van der Waals surface area contributed by atoms with Crippen molar-refractivity contribution >= 4 is 0 Å². The van der Waals surface area contributed by atoms with Crippen LogP contribution < -0.4 is 0 Å². The second kappa shape index (κ2) is 3.89. The van der Waals surface area contributed by atoms with E-state index in [9.17, 15) is 30.7 Å². The maximum atomic E-state index is 12.2. The van der Waals surface area contributed by atoms with Gasteiger partial charge in [0.1, 0.15) is 0 Å². The van der Waals surface area contributed by atoms with Crippen LogP contribution in [-0.2, 0) is 4.74 Å². The van der Waals surface area contributed by atoms with Gasteiger partial charge in [-0.3, -0.25) is 0 Å². The summed E-state index contributed by atoms with van der Waals surface area (Å²) >= 11 is 0. The summed E-state index contributed by atoms with van der Waals surface area (Å²) in [5, 5.41) is 7.91. The van der Waals surface area contributed by atoms with Crippen LogP contribution in [0.1, 0.15) is 6.42 Å². The van der Waals surface area contributed by atoms with Crippen LogP contribution in [0.15, 0.2) is 0 Å². The van der Waals surface area contributed by atoms with Gasteiger partial charge in [-0.2, -0.15) is 17.6 Å². The molecule has 0 aromatic carbocycles. The highest BCUT2D eigenvalue weighted by Crippen LogP contribution is 2.41. The molecule has 0 spiro atoms. The van der Waals surface area contributed by atoms with Gasteiger partial charge in [-0.1, -0.05) is 0 Å². The van der Waals surface area contributed by atoms with Crippen molar-refractivity contribution in [3.8, 4) is 0 Å². The van der Waals surface area contributed by atoms with E-state index >= 15 is 0 Å². The van der Waals surface area contributed by atoms with Crippen LogP contribution in [0.4, 0.5) is 30.7 Å². The molecule has 0 bridgehead atoms. The molecule has 2 nitrogen and oxygen atoms in total. The van der Waals surface area contributed by atoms with Gasteiger partial charge in [0, 0.05) is 13.0 Å². The summed E-state index contributed by atoms with van der Waals surface area (Å²) in [6.45, 7) is -1.39. The molecule has 0 aromatic rings. The van der Waals surface area contributed by atoms with Crippen molar-refractivity contribution in [3.63, 3.8) is 0 Å². The molecule has 0 atom stereocenters. The summed E-state index contributed by atoms with van der Waals surface area (Å²) < 4.78 is 84.2. The fourth-order valence-corrected chi connectivity index (χ4v) is 0.506. The van der Waals surface area contributed by atoms with Gasteiger partial charge in [0.2, 0.25) is 0 Å². The predicted octanol–water partition coefficient (Wildman–Crippen LogP) is 2.13. The van der Waals surface area contributed by atoms with E-state index in [4.69, 9.17) is 5.11 Å². The third-order valence-corrected chi connectivity index (χ3v) is 1.10. The van der Waals surface area contributed by atoms with Crippen molar-refractivity contribution in [1.82, 2.24) is 0 Å². The third kappa shape index (κ3) is 3.66. The molecule has 0 saturated carbocycles. The fraction of sp³-hybridized carbons (Fsp3) is 1.00. The zero-order valence-electron chi connectivity index (χ0n) is 6.42. The molecule has 0 aromatic heterocycles. The Morgan fingerprint density at radius 1 is 0.929 bits per heavy atom. The van der Waals surface area contributed by atoms with Crippen molar-refractivity contribution in [2.75, 3.05) is 6.61 Å². The van der Waals surface area contributed by atoms with Gasteiger partial charge in [0.05, 0.1) is 0 Å². The Morgan fingerprint density at radius 2 is 1.36 bits per heavy atom. The van der Waals surface area contributed by atoms with Gasteiger partial charge in [-0.15, -0.1) is 13.2 Å². The van der Waals surface area contributed by atoms with E-state index in [2.05, 4.69) is 0 Å². The smallest absolute Gasteiger partial charge is 0.396 e. The SMILES string of the molecule is OCCC(F)(F)C(F)(F)OC(F)(F)F. The highest BCUT2D eigenvalue weighted by molar-refractivity contribution is 4.76. The van der Waals surface area contributed by atoms with E-state index in [1.807, 2.05) is 4.74 Å². The van der Waals surface area contributed by atoms with Crippen molar-refractivity contribution in [3.05, 3.63) is 0 Å². The van der Waals surface area contributed by atoms with Gasteiger partial charge in [-0.25, -0.2) is 4.74 Å². The summed E-state index contributed by atoms with van der Waals surface area (Å²) in [4.78, 5) is 0. The maximum Gasteiger partial charge on any atom is 0.527 e. The Bertz CT molecular complexity index is 187. The first kappa shape index (κ1) is 13.4. The lowest BCUT2D eigenvalue weighted by Crippen LogP contribution is -2.46. The molecule has 9 heteroatoms. The molecule has 0 aliphatic rings. The molecule has 14 heavy (non-hydrogen) atoms. The molecule has 0 amide bonds. The number of aliphatic hydroxyl groups is 1. The molecule has 0 heterocycles. The van der Waals surface area contributed by atoms with Crippen molar-refractivity contribution in [1.29, 1.82) is 0 Å². The van der Waals surface area contributed by atoms with Crippen LogP contribution in [0.5, 0.6) is 0 Å². The second-order valence-corrected chi connectivity index (χ2v) is 2.24. The molecule has 0 radical (unpaired) electrons. The number of hydrogen-bond donors (Lipinski definition) is 1. The first-order chi connectivity index (χ1) is 6.02. The van der Waals surface area contributed by atoms with Gasteiger partial charge in [0.15, 0.2) is 0 Å². The summed E-state index contributed by atoms with van der Waals surface area (Å²) in [7, 11) is 0. The number of alkyl halides is 7. The lowest BCUT2D eigenvalue weighted by molar-refractivity contribution is -0.466. The molecule has 0 fully saturated rings. The lowest BCUT2D eigenvalue weighted by Gasteiger charge is -2.25. The largest absolute Gasteiger partial charge is 0.527 e. The zero-order valence-corrected chi connectivity index (χ0v) is 6.42. The number of ether oxygens (including phenoxy) is 1. The standard InChI is InChI=1S/C5H5F7O2/c6-3(7,1-2-13)4(8,9)14-5(10,11)12/h13H,1-2H2. The van der Waals surface area contributed by atoms with Gasteiger partial charge in [0.25, 0.3) is 0 Å². The maximum absolute atomic E-state index is 12.2. The van der Waals surface area contributed by atoms with Crippen LogP contribution in [0.3, 0.4) is 0 Å². The van der Waals surface area contributed by atoms with Crippen molar-refractivity contribution in [2.24, 2.45) is 0 Å². The normalized spacial score (nSPS) is 14.6. The molecular formula is C5H5F7O2. The molecule has 1 N–H and O–H groups in total. The Balaban J connectivity index is 4.59. The van der Waals surface area contributed by atoms with E-state index in [0.29, 0.717) is 0 Å². The monoisotopic (exact) mass is 230 g/mol. The average Bonchev–Trinajstić information content (AvgIpc) is 1.79.